The van der Waals surface area contributed by atoms with E-state index in [4.69, 9.17) is 14.2 Å². The van der Waals surface area contributed by atoms with Gasteiger partial charge in [-0.2, -0.15) is 0 Å². The maximum absolute atomic E-state index is 12.4. The zero-order valence-corrected chi connectivity index (χ0v) is 18.2. The molecule has 1 unspecified atom stereocenters. The number of amides is 3. The van der Waals surface area contributed by atoms with Gasteiger partial charge in [0.15, 0.2) is 0 Å². The molecule has 1 aromatic carbocycles. The van der Waals surface area contributed by atoms with E-state index in [2.05, 4.69) is 16.0 Å². The lowest BCUT2D eigenvalue weighted by atomic mass is 10.0. The Balaban J connectivity index is 2.04. The highest BCUT2D eigenvalue weighted by Crippen LogP contribution is 2.17. The molecule has 1 aliphatic rings. The number of carbonyl (C=O) groups is 4. The summed E-state index contributed by atoms with van der Waals surface area (Å²) in [6.45, 7) is 8.39. The summed E-state index contributed by atoms with van der Waals surface area (Å²) < 4.78 is 15.4. The highest BCUT2D eigenvalue weighted by Gasteiger charge is 2.30. The van der Waals surface area contributed by atoms with Gasteiger partial charge in [0.25, 0.3) is 0 Å². The minimum atomic E-state index is -0.667. The predicted octanol–water partition coefficient (Wildman–Crippen LogP) is 2.71. The minimum absolute atomic E-state index is 0.159. The molecule has 3 amide bonds. The van der Waals surface area contributed by atoms with Crippen LogP contribution in [0.4, 0.5) is 15.3 Å². The Hall–Kier alpha value is -3.56. The van der Waals surface area contributed by atoms with Crippen molar-refractivity contribution in [2.45, 2.75) is 46.3 Å². The van der Waals surface area contributed by atoms with Gasteiger partial charge < -0.3 is 24.8 Å². The quantitative estimate of drug-likeness (QED) is 0.464. The molecular weight excluding hydrogens is 406 g/mol. The molecule has 0 spiro atoms. The highest BCUT2D eigenvalue weighted by atomic mass is 16.6. The zero-order valence-electron chi connectivity index (χ0n) is 18.2. The molecule has 10 nitrogen and oxygen atoms in total. The number of anilines is 1. The fourth-order valence-electron chi connectivity index (χ4n) is 2.73. The van der Waals surface area contributed by atoms with Crippen molar-refractivity contribution < 1.29 is 33.4 Å². The molecule has 31 heavy (non-hydrogen) atoms. The molecule has 1 atom stereocenters. The number of carbonyl (C=O) groups excluding carboxylic acids is 4. The second kappa shape index (κ2) is 9.96. The van der Waals surface area contributed by atoms with Crippen molar-refractivity contribution in [3.8, 4) is 0 Å². The van der Waals surface area contributed by atoms with Crippen LogP contribution in [0, 0.1) is 0 Å². The Morgan fingerprint density at radius 1 is 1.06 bits per heavy atom. The molecule has 0 aliphatic carbocycles. The lowest BCUT2D eigenvalue weighted by Crippen LogP contribution is -2.50. The van der Waals surface area contributed by atoms with Crippen molar-refractivity contribution in [2.24, 2.45) is 0 Å². The van der Waals surface area contributed by atoms with E-state index in [1.807, 2.05) is 0 Å². The Morgan fingerprint density at radius 2 is 1.71 bits per heavy atom. The summed E-state index contributed by atoms with van der Waals surface area (Å²) in [4.78, 5) is 48.1. The summed E-state index contributed by atoms with van der Waals surface area (Å²) >= 11 is 0. The Morgan fingerprint density at radius 3 is 2.29 bits per heavy atom. The van der Waals surface area contributed by atoms with Crippen molar-refractivity contribution in [1.82, 2.24) is 10.6 Å². The number of benzene rings is 1. The first-order chi connectivity index (χ1) is 14.5. The molecule has 1 aliphatic heterocycles. The molecule has 0 radical (unpaired) electrons. The van der Waals surface area contributed by atoms with Crippen LogP contribution in [0.2, 0.25) is 0 Å². The second-order valence-electron chi connectivity index (χ2n) is 7.71. The highest BCUT2D eigenvalue weighted by molar-refractivity contribution is 5.95. The van der Waals surface area contributed by atoms with Gasteiger partial charge >= 0.3 is 24.1 Å². The molecular formula is C21H27N3O7. The number of hydrogen-bond acceptors (Lipinski definition) is 7. The average molecular weight is 433 g/mol. The van der Waals surface area contributed by atoms with Crippen LogP contribution in [0.15, 0.2) is 35.5 Å². The van der Waals surface area contributed by atoms with Crippen molar-refractivity contribution in [3.63, 3.8) is 0 Å². The maximum Gasteiger partial charge on any atom is 0.412 e. The molecule has 10 heteroatoms. The zero-order chi connectivity index (χ0) is 23.2. The molecule has 3 N–H and O–H groups in total. The maximum atomic E-state index is 12.4. The Labute approximate surface area is 180 Å². The van der Waals surface area contributed by atoms with Gasteiger partial charge in [0.1, 0.15) is 12.2 Å². The molecule has 0 fully saturated rings. The van der Waals surface area contributed by atoms with Gasteiger partial charge in [0.05, 0.1) is 29.5 Å². The summed E-state index contributed by atoms with van der Waals surface area (Å²) in [5.41, 5.74) is 0.378. The van der Waals surface area contributed by atoms with Gasteiger partial charge in [-0.3, -0.25) is 5.32 Å². The van der Waals surface area contributed by atoms with Crippen molar-refractivity contribution in [1.29, 1.82) is 0 Å². The van der Waals surface area contributed by atoms with Gasteiger partial charge in [-0.15, -0.1) is 0 Å². The third-order valence-electron chi connectivity index (χ3n) is 3.98. The average Bonchev–Trinajstić information content (AvgIpc) is 2.64. The largest absolute Gasteiger partial charge is 0.463 e. The number of ether oxygens (including phenoxy) is 3. The fraction of sp³-hybridized carbons (Fsp3) is 0.429. The summed E-state index contributed by atoms with van der Waals surface area (Å²) in [5.74, 6) is -1.27. The molecule has 0 aromatic heterocycles. The van der Waals surface area contributed by atoms with Crippen LogP contribution >= 0.6 is 0 Å². The monoisotopic (exact) mass is 433 g/mol. The molecule has 1 aromatic rings. The van der Waals surface area contributed by atoms with Crippen LogP contribution in [0.25, 0.3) is 0 Å². The lowest BCUT2D eigenvalue weighted by Gasteiger charge is -2.26. The van der Waals surface area contributed by atoms with E-state index in [1.165, 1.54) is 24.3 Å². The van der Waals surface area contributed by atoms with E-state index in [1.54, 1.807) is 34.6 Å². The smallest absolute Gasteiger partial charge is 0.412 e. The molecule has 0 saturated carbocycles. The number of urea groups is 1. The van der Waals surface area contributed by atoms with E-state index < -0.39 is 35.7 Å². The summed E-state index contributed by atoms with van der Waals surface area (Å²) in [6.07, 6.45) is -0.614. The fourth-order valence-corrected chi connectivity index (χ4v) is 2.73. The van der Waals surface area contributed by atoms with Gasteiger partial charge in [-0.05, 0) is 58.9 Å². The number of nitrogens with one attached hydrogen (secondary N) is 3. The Kier molecular flexibility index (Phi) is 7.62. The van der Waals surface area contributed by atoms with Crippen LogP contribution in [0.5, 0.6) is 0 Å². The third-order valence-corrected chi connectivity index (χ3v) is 3.98. The van der Waals surface area contributed by atoms with E-state index in [-0.39, 0.29) is 30.0 Å². The minimum Gasteiger partial charge on any atom is -0.463 e. The summed E-state index contributed by atoms with van der Waals surface area (Å²) in [7, 11) is 0. The third kappa shape index (κ3) is 7.02. The van der Waals surface area contributed by atoms with E-state index in [0.29, 0.717) is 5.69 Å². The molecule has 1 heterocycles. The lowest BCUT2D eigenvalue weighted by molar-refractivity contribution is -0.139. The SMILES string of the molecule is CCOC(=O)C1=C(COC(=O)c2ccc(NC(=O)OC(C)(C)C)cc2)NC(=O)NC1C. The molecule has 0 bridgehead atoms. The number of rotatable bonds is 6. The number of esters is 2. The molecule has 2 rings (SSSR count). The van der Waals surface area contributed by atoms with Crippen molar-refractivity contribution >= 4 is 29.8 Å². The van der Waals surface area contributed by atoms with Gasteiger partial charge in [0, 0.05) is 5.69 Å². The second-order valence-corrected chi connectivity index (χ2v) is 7.71. The normalized spacial score (nSPS) is 16.0. The topological polar surface area (TPSA) is 132 Å². The molecule has 0 saturated heterocycles. The van der Waals surface area contributed by atoms with Crippen LogP contribution < -0.4 is 16.0 Å². The van der Waals surface area contributed by atoms with Crippen molar-refractivity contribution in [2.75, 3.05) is 18.5 Å². The van der Waals surface area contributed by atoms with E-state index >= 15 is 0 Å². The summed E-state index contributed by atoms with van der Waals surface area (Å²) in [5, 5.41) is 7.60. The first kappa shape index (κ1) is 23.7. The van der Waals surface area contributed by atoms with Crippen molar-refractivity contribution in [3.05, 3.63) is 41.1 Å². The first-order valence-electron chi connectivity index (χ1n) is 9.75. The van der Waals surface area contributed by atoms with Crippen LogP contribution in [0.1, 0.15) is 45.0 Å². The van der Waals surface area contributed by atoms with Crippen LogP contribution in [-0.4, -0.2) is 48.9 Å². The molecule has 168 valence electrons. The first-order valence-corrected chi connectivity index (χ1v) is 9.75. The van der Waals surface area contributed by atoms with E-state index in [9.17, 15) is 19.2 Å². The van der Waals surface area contributed by atoms with Crippen LogP contribution in [-0.2, 0) is 19.0 Å². The van der Waals surface area contributed by atoms with Gasteiger partial charge in [-0.1, -0.05) is 0 Å². The Bertz CT molecular complexity index is 885. The van der Waals surface area contributed by atoms with E-state index in [0.717, 1.165) is 0 Å². The van der Waals surface area contributed by atoms with Crippen LogP contribution in [0.3, 0.4) is 0 Å². The van der Waals surface area contributed by atoms with Gasteiger partial charge in [0.2, 0.25) is 0 Å². The standard InChI is InChI=1S/C21H27N3O7/c1-6-29-18(26)16-12(2)22-19(27)24-15(16)11-30-17(25)13-7-9-14(10-8-13)23-20(28)31-21(3,4)5/h7-10,12H,6,11H2,1-5H3,(H,23,28)(H2,22,24,27). The summed E-state index contributed by atoms with van der Waals surface area (Å²) in [6, 6.07) is 4.89. The van der Waals surface area contributed by atoms with Gasteiger partial charge in [-0.25, -0.2) is 19.2 Å². The number of hydrogen-bond donors (Lipinski definition) is 3. The predicted molar refractivity (Wildman–Crippen MR) is 111 cm³/mol.